The van der Waals surface area contributed by atoms with E-state index in [9.17, 15) is 18.0 Å². The first-order valence-corrected chi connectivity index (χ1v) is 6.44. The van der Waals surface area contributed by atoms with Crippen molar-refractivity contribution in [2.45, 2.75) is 38.4 Å². The summed E-state index contributed by atoms with van der Waals surface area (Å²) < 4.78 is 40.8. The van der Waals surface area contributed by atoms with Crippen molar-refractivity contribution in [1.82, 2.24) is 14.8 Å². The fraction of sp³-hybridized carbons (Fsp3) is 0.462. The molecule has 2 aromatic rings. The van der Waals surface area contributed by atoms with Gasteiger partial charge in [0.1, 0.15) is 6.54 Å². The number of hydrogen-bond acceptors (Lipinski definition) is 3. The Morgan fingerprint density at radius 2 is 2.14 bits per heavy atom. The second-order valence-corrected chi connectivity index (χ2v) is 5.22. The Balaban J connectivity index is 2.32. The highest BCUT2D eigenvalue weighted by molar-refractivity contribution is 5.85. The van der Waals surface area contributed by atoms with E-state index in [0.717, 1.165) is 23.6 Å². The summed E-state index contributed by atoms with van der Waals surface area (Å²) in [4.78, 5) is 14.9. The third-order valence-corrected chi connectivity index (χ3v) is 3.41. The lowest BCUT2D eigenvalue weighted by molar-refractivity contribution is -0.138. The maximum atomic E-state index is 13.3. The zero-order valence-electron chi connectivity index (χ0n) is 11.1. The SMILES string of the molecule is Cc1cc(C(F)(F)F)c2c(C3CC3)nn(CC(=O)O)c2n1. The van der Waals surface area contributed by atoms with Crippen LogP contribution in [-0.4, -0.2) is 25.8 Å². The van der Waals surface area contributed by atoms with Crippen LogP contribution in [-0.2, 0) is 17.5 Å². The maximum absolute atomic E-state index is 13.3. The fourth-order valence-corrected chi connectivity index (χ4v) is 2.43. The monoisotopic (exact) mass is 299 g/mol. The standard InChI is InChI=1S/C13H12F3N3O2/c1-6-4-8(13(14,15)16)10-11(7-2-3-7)18-19(5-9(20)21)12(10)17-6/h4,7H,2-3,5H2,1H3,(H,20,21). The van der Waals surface area contributed by atoms with Crippen LogP contribution in [0.15, 0.2) is 6.07 Å². The van der Waals surface area contributed by atoms with Gasteiger partial charge in [0, 0.05) is 11.6 Å². The molecule has 0 saturated heterocycles. The number of hydrogen-bond donors (Lipinski definition) is 1. The van der Waals surface area contributed by atoms with E-state index in [0.29, 0.717) is 5.69 Å². The molecule has 0 aliphatic heterocycles. The number of halogens is 3. The highest BCUT2D eigenvalue weighted by atomic mass is 19.4. The van der Waals surface area contributed by atoms with E-state index in [1.165, 1.54) is 6.92 Å². The summed E-state index contributed by atoms with van der Waals surface area (Å²) in [6.45, 7) is 0.945. The number of nitrogens with zero attached hydrogens (tertiary/aromatic N) is 3. The van der Waals surface area contributed by atoms with Crippen molar-refractivity contribution in [3.05, 3.63) is 23.0 Å². The van der Waals surface area contributed by atoms with Gasteiger partial charge in [0.2, 0.25) is 0 Å². The molecular weight excluding hydrogens is 287 g/mol. The van der Waals surface area contributed by atoms with Crippen molar-refractivity contribution in [2.24, 2.45) is 0 Å². The number of carboxylic acid groups (broad SMARTS) is 1. The van der Waals surface area contributed by atoms with Crippen LogP contribution in [0.3, 0.4) is 0 Å². The van der Waals surface area contributed by atoms with E-state index in [4.69, 9.17) is 5.11 Å². The Morgan fingerprint density at radius 1 is 1.48 bits per heavy atom. The molecule has 2 aromatic heterocycles. The van der Waals surface area contributed by atoms with Crippen molar-refractivity contribution in [1.29, 1.82) is 0 Å². The summed E-state index contributed by atoms with van der Waals surface area (Å²) in [5.74, 6) is -1.20. The van der Waals surface area contributed by atoms with E-state index in [1.54, 1.807) is 0 Å². The molecule has 2 heterocycles. The predicted octanol–water partition coefficient (Wildman–Crippen LogP) is 2.72. The normalized spacial score (nSPS) is 15.6. The van der Waals surface area contributed by atoms with Crippen LogP contribution in [0.5, 0.6) is 0 Å². The number of fused-ring (bicyclic) bond motifs is 1. The Labute approximate surface area is 117 Å². The summed E-state index contributed by atoms with van der Waals surface area (Å²) in [7, 11) is 0. The first-order valence-electron chi connectivity index (χ1n) is 6.44. The van der Waals surface area contributed by atoms with Crippen LogP contribution in [0.2, 0.25) is 0 Å². The summed E-state index contributed by atoms with van der Waals surface area (Å²) in [6, 6.07) is 0.987. The van der Waals surface area contributed by atoms with E-state index in [1.807, 2.05) is 0 Å². The van der Waals surface area contributed by atoms with Gasteiger partial charge in [0.25, 0.3) is 0 Å². The molecule has 0 radical (unpaired) electrons. The molecule has 1 fully saturated rings. The highest BCUT2D eigenvalue weighted by Gasteiger charge is 2.39. The van der Waals surface area contributed by atoms with Gasteiger partial charge in [-0.1, -0.05) is 0 Å². The van der Waals surface area contributed by atoms with Gasteiger partial charge < -0.3 is 5.11 Å². The molecule has 5 nitrogen and oxygen atoms in total. The van der Waals surface area contributed by atoms with Gasteiger partial charge in [0.05, 0.1) is 16.6 Å². The molecule has 3 rings (SSSR count). The van der Waals surface area contributed by atoms with Crippen molar-refractivity contribution >= 4 is 17.0 Å². The number of aromatic nitrogens is 3. The first-order chi connectivity index (χ1) is 9.77. The van der Waals surface area contributed by atoms with Gasteiger partial charge >= 0.3 is 12.1 Å². The molecule has 1 aliphatic carbocycles. The molecule has 0 bridgehead atoms. The molecule has 0 spiro atoms. The van der Waals surface area contributed by atoms with Gasteiger partial charge in [-0.25, -0.2) is 9.67 Å². The largest absolute Gasteiger partial charge is 0.480 e. The molecule has 1 N–H and O–H groups in total. The van der Waals surface area contributed by atoms with Crippen LogP contribution < -0.4 is 0 Å². The molecule has 0 atom stereocenters. The molecule has 0 aromatic carbocycles. The minimum absolute atomic E-state index is 0.00775. The van der Waals surface area contributed by atoms with Gasteiger partial charge in [-0.15, -0.1) is 0 Å². The van der Waals surface area contributed by atoms with Gasteiger partial charge in [0.15, 0.2) is 5.65 Å². The lowest BCUT2D eigenvalue weighted by atomic mass is 10.1. The highest BCUT2D eigenvalue weighted by Crippen LogP contribution is 2.45. The summed E-state index contributed by atoms with van der Waals surface area (Å²) in [5.41, 5.74) is -0.301. The number of alkyl halides is 3. The topological polar surface area (TPSA) is 68.0 Å². The number of carboxylic acids is 1. The van der Waals surface area contributed by atoms with Gasteiger partial charge in [-0.05, 0) is 25.8 Å². The number of rotatable bonds is 3. The average molecular weight is 299 g/mol. The fourth-order valence-electron chi connectivity index (χ4n) is 2.43. The molecule has 0 unspecified atom stereocenters. The van der Waals surface area contributed by atoms with Crippen molar-refractivity contribution in [3.63, 3.8) is 0 Å². The molecular formula is C13H12F3N3O2. The molecule has 112 valence electrons. The van der Waals surface area contributed by atoms with Crippen LogP contribution >= 0.6 is 0 Å². The minimum Gasteiger partial charge on any atom is -0.480 e. The smallest absolute Gasteiger partial charge is 0.417 e. The predicted molar refractivity (Wildman–Crippen MR) is 66.9 cm³/mol. The molecule has 8 heteroatoms. The van der Waals surface area contributed by atoms with Gasteiger partial charge in [-0.2, -0.15) is 18.3 Å². The van der Waals surface area contributed by atoms with E-state index < -0.39 is 24.3 Å². The zero-order valence-corrected chi connectivity index (χ0v) is 11.1. The van der Waals surface area contributed by atoms with Crippen LogP contribution in [0.25, 0.3) is 11.0 Å². The number of aryl methyl sites for hydroxylation is 1. The minimum atomic E-state index is -4.52. The van der Waals surface area contributed by atoms with Crippen LogP contribution in [0.1, 0.15) is 35.7 Å². The van der Waals surface area contributed by atoms with Crippen LogP contribution in [0.4, 0.5) is 13.2 Å². The molecule has 1 aliphatic rings. The Morgan fingerprint density at radius 3 is 2.67 bits per heavy atom. The quantitative estimate of drug-likeness (QED) is 0.946. The Kier molecular flexibility index (Phi) is 2.93. The lowest BCUT2D eigenvalue weighted by Gasteiger charge is -2.10. The van der Waals surface area contributed by atoms with Crippen LogP contribution in [0, 0.1) is 6.92 Å². The summed E-state index contributed by atoms with van der Waals surface area (Å²) in [6.07, 6.45) is -2.98. The number of carbonyl (C=O) groups is 1. The average Bonchev–Trinajstić information content (AvgIpc) is 3.12. The Bertz CT molecular complexity index is 732. The Hall–Kier alpha value is -2.12. The van der Waals surface area contributed by atoms with Crippen molar-refractivity contribution in [2.75, 3.05) is 0 Å². The second kappa shape index (κ2) is 4.44. The summed E-state index contributed by atoms with van der Waals surface area (Å²) >= 11 is 0. The van der Waals surface area contributed by atoms with Crippen molar-refractivity contribution in [3.8, 4) is 0 Å². The van der Waals surface area contributed by atoms with E-state index >= 15 is 0 Å². The number of aliphatic carboxylic acids is 1. The van der Waals surface area contributed by atoms with Crippen molar-refractivity contribution < 1.29 is 23.1 Å². The maximum Gasteiger partial charge on any atom is 0.417 e. The second-order valence-electron chi connectivity index (χ2n) is 5.22. The summed E-state index contributed by atoms with van der Waals surface area (Å²) in [5, 5.41) is 12.9. The third kappa shape index (κ3) is 2.45. The zero-order chi connectivity index (χ0) is 15.4. The lowest BCUT2D eigenvalue weighted by Crippen LogP contribution is -2.12. The first kappa shape index (κ1) is 13.8. The van der Waals surface area contributed by atoms with E-state index in [-0.39, 0.29) is 22.6 Å². The van der Waals surface area contributed by atoms with E-state index in [2.05, 4.69) is 10.1 Å². The third-order valence-electron chi connectivity index (χ3n) is 3.41. The molecule has 21 heavy (non-hydrogen) atoms. The van der Waals surface area contributed by atoms with Gasteiger partial charge in [-0.3, -0.25) is 4.79 Å². The number of pyridine rings is 1. The molecule has 0 amide bonds. The molecule has 1 saturated carbocycles.